The molecule has 0 unspecified atom stereocenters. The van der Waals surface area contributed by atoms with E-state index in [1.165, 1.54) is 0 Å². The third-order valence-corrected chi connectivity index (χ3v) is 1.59. The lowest BCUT2D eigenvalue weighted by Gasteiger charge is -1.99. The summed E-state index contributed by atoms with van der Waals surface area (Å²) < 4.78 is 36.9. The molecule has 0 aliphatic heterocycles. The summed E-state index contributed by atoms with van der Waals surface area (Å²) >= 11 is 5.15. The number of alkyl halides is 2. The second kappa shape index (κ2) is 3.79. The minimum atomic E-state index is -3.24. The zero-order valence-electron chi connectivity index (χ0n) is 6.38. The molecule has 0 bridgehead atoms. The van der Waals surface area contributed by atoms with E-state index in [1.807, 2.05) is 0 Å². The first-order valence-electron chi connectivity index (χ1n) is 3.22. The van der Waals surface area contributed by atoms with E-state index in [0.29, 0.717) is 6.07 Å². The van der Waals surface area contributed by atoms with Gasteiger partial charge in [-0.3, -0.25) is 0 Å². The van der Waals surface area contributed by atoms with Gasteiger partial charge in [0.05, 0.1) is 11.1 Å². The Morgan fingerprint density at radius 2 is 2.14 bits per heavy atom. The lowest BCUT2D eigenvalue weighted by Crippen LogP contribution is -2.01. The molecule has 0 N–H and O–H groups in total. The van der Waals surface area contributed by atoms with Gasteiger partial charge in [-0.25, -0.2) is 13.2 Å². The first-order chi connectivity index (χ1) is 6.43. The molecule has 0 aliphatic rings. The Labute approximate surface area is 80.5 Å². The molecule has 1 aromatic rings. The largest absolute Gasteiger partial charge is 0.365 e. The minimum absolute atomic E-state index is 0.572. The maximum Gasteiger partial charge on any atom is 0.365 e. The van der Waals surface area contributed by atoms with Crippen LogP contribution in [0.15, 0.2) is 6.07 Å². The zero-order valence-corrected chi connectivity index (χ0v) is 7.13. The first kappa shape index (κ1) is 10.7. The molecule has 1 rings (SSSR count). The molecule has 0 atom stereocenters. The standard InChI is InChI=1S/C6H2ClF3N2O2/c7-2-1-3(12(13)14)11-5(4(2)8)6(9)10/h1,6H. The van der Waals surface area contributed by atoms with Crippen molar-refractivity contribution in [2.45, 2.75) is 6.43 Å². The second-order valence-electron chi connectivity index (χ2n) is 2.22. The van der Waals surface area contributed by atoms with Gasteiger partial charge in [-0.15, -0.1) is 0 Å². The van der Waals surface area contributed by atoms with Crippen molar-refractivity contribution in [1.82, 2.24) is 4.98 Å². The molecule has 14 heavy (non-hydrogen) atoms. The van der Waals surface area contributed by atoms with Crippen LogP contribution in [0, 0.1) is 15.9 Å². The van der Waals surface area contributed by atoms with Crippen molar-refractivity contribution in [3.05, 3.63) is 32.7 Å². The topological polar surface area (TPSA) is 56.0 Å². The van der Waals surface area contributed by atoms with Crippen molar-refractivity contribution in [3.63, 3.8) is 0 Å². The monoisotopic (exact) mass is 226 g/mol. The van der Waals surface area contributed by atoms with Crippen LogP contribution in [-0.4, -0.2) is 9.91 Å². The summed E-state index contributed by atoms with van der Waals surface area (Å²) in [6.07, 6.45) is -3.24. The summed E-state index contributed by atoms with van der Waals surface area (Å²) in [7, 11) is 0. The van der Waals surface area contributed by atoms with Crippen LogP contribution in [0.25, 0.3) is 0 Å². The number of rotatable bonds is 2. The van der Waals surface area contributed by atoms with E-state index in [9.17, 15) is 23.3 Å². The SMILES string of the molecule is O=[N+]([O-])c1cc(Cl)c(F)c(C(F)F)n1. The Hall–Kier alpha value is -1.37. The molecular formula is C6H2ClF3N2O2. The first-order valence-corrected chi connectivity index (χ1v) is 3.59. The number of hydrogen-bond donors (Lipinski definition) is 0. The molecule has 0 spiro atoms. The van der Waals surface area contributed by atoms with Gasteiger partial charge in [-0.2, -0.15) is 0 Å². The van der Waals surface area contributed by atoms with Crippen LogP contribution in [0.4, 0.5) is 19.0 Å². The van der Waals surface area contributed by atoms with Crippen LogP contribution >= 0.6 is 11.6 Å². The van der Waals surface area contributed by atoms with Crippen LogP contribution in [0.5, 0.6) is 0 Å². The van der Waals surface area contributed by atoms with E-state index in [1.54, 1.807) is 0 Å². The van der Waals surface area contributed by atoms with E-state index in [-0.39, 0.29) is 0 Å². The van der Waals surface area contributed by atoms with E-state index < -0.39 is 33.7 Å². The summed E-state index contributed by atoms with van der Waals surface area (Å²) in [5, 5.41) is 9.41. The Balaban J connectivity index is 3.35. The zero-order chi connectivity index (χ0) is 10.9. The van der Waals surface area contributed by atoms with Crippen molar-refractivity contribution in [1.29, 1.82) is 0 Å². The van der Waals surface area contributed by atoms with Crippen molar-refractivity contribution >= 4 is 17.4 Å². The third-order valence-electron chi connectivity index (χ3n) is 1.32. The Morgan fingerprint density at radius 3 is 2.57 bits per heavy atom. The maximum atomic E-state index is 12.8. The molecule has 0 aliphatic carbocycles. The quantitative estimate of drug-likeness (QED) is 0.575. The van der Waals surface area contributed by atoms with Gasteiger partial charge < -0.3 is 10.1 Å². The number of halogens is 4. The highest BCUT2D eigenvalue weighted by molar-refractivity contribution is 6.30. The highest BCUT2D eigenvalue weighted by Crippen LogP contribution is 2.28. The van der Waals surface area contributed by atoms with Gasteiger partial charge in [0, 0.05) is 0 Å². The summed E-state index contributed by atoms with van der Waals surface area (Å²) in [6.45, 7) is 0. The third kappa shape index (κ3) is 1.92. The van der Waals surface area contributed by atoms with Crippen LogP contribution in [0.1, 0.15) is 12.1 Å². The summed E-state index contributed by atoms with van der Waals surface area (Å²) in [4.78, 5) is 11.9. The normalized spacial score (nSPS) is 10.6. The highest BCUT2D eigenvalue weighted by Gasteiger charge is 2.26. The van der Waals surface area contributed by atoms with Crippen molar-refractivity contribution in [2.75, 3.05) is 0 Å². The lowest BCUT2D eigenvalue weighted by atomic mass is 10.3. The Bertz CT molecular complexity index is 386. The van der Waals surface area contributed by atoms with Crippen molar-refractivity contribution in [2.24, 2.45) is 0 Å². The van der Waals surface area contributed by atoms with Gasteiger partial charge in [-0.1, -0.05) is 11.6 Å². The molecule has 0 radical (unpaired) electrons. The van der Waals surface area contributed by atoms with Crippen molar-refractivity contribution < 1.29 is 18.1 Å². The van der Waals surface area contributed by atoms with Crippen LogP contribution in [0.3, 0.4) is 0 Å². The molecule has 1 heterocycles. The maximum absolute atomic E-state index is 12.8. The second-order valence-corrected chi connectivity index (χ2v) is 2.63. The van der Waals surface area contributed by atoms with Gasteiger partial charge in [0.15, 0.2) is 5.82 Å². The van der Waals surface area contributed by atoms with Gasteiger partial charge in [-0.05, 0) is 9.91 Å². The number of nitro groups is 1. The molecule has 0 saturated carbocycles. The fraction of sp³-hybridized carbons (Fsp3) is 0.167. The molecule has 0 fully saturated rings. The van der Waals surface area contributed by atoms with Crippen molar-refractivity contribution in [3.8, 4) is 0 Å². The number of pyridine rings is 1. The van der Waals surface area contributed by atoms with Crippen LogP contribution in [-0.2, 0) is 0 Å². The minimum Gasteiger partial charge on any atom is -0.358 e. The van der Waals surface area contributed by atoms with Gasteiger partial charge in [0.2, 0.25) is 0 Å². The van der Waals surface area contributed by atoms with Gasteiger partial charge in [0.1, 0.15) is 0 Å². The number of hydrogen-bond acceptors (Lipinski definition) is 3. The summed E-state index contributed by atoms with van der Waals surface area (Å²) in [6, 6.07) is 0.572. The number of nitrogens with zero attached hydrogens (tertiary/aromatic N) is 2. The molecule has 0 saturated heterocycles. The van der Waals surface area contributed by atoms with E-state index in [0.717, 1.165) is 0 Å². The fourth-order valence-corrected chi connectivity index (χ4v) is 0.936. The highest BCUT2D eigenvalue weighted by atomic mass is 35.5. The smallest absolute Gasteiger partial charge is 0.358 e. The molecule has 4 nitrogen and oxygen atoms in total. The predicted octanol–water partition coefficient (Wildman–Crippen LogP) is 2.72. The number of aromatic nitrogens is 1. The molecule has 1 aromatic heterocycles. The Kier molecular flexibility index (Phi) is 2.90. The van der Waals surface area contributed by atoms with E-state index in [4.69, 9.17) is 11.6 Å². The predicted molar refractivity (Wildman–Crippen MR) is 40.8 cm³/mol. The fourth-order valence-electron chi connectivity index (χ4n) is 0.742. The summed E-state index contributed by atoms with van der Waals surface area (Å²) in [5.41, 5.74) is -1.32. The van der Waals surface area contributed by atoms with E-state index >= 15 is 0 Å². The average Bonchev–Trinajstić information content (AvgIpc) is 2.08. The molecule has 76 valence electrons. The molecule has 8 heteroatoms. The van der Waals surface area contributed by atoms with E-state index in [2.05, 4.69) is 4.98 Å². The average molecular weight is 227 g/mol. The lowest BCUT2D eigenvalue weighted by molar-refractivity contribution is -0.389. The van der Waals surface area contributed by atoms with Gasteiger partial charge >= 0.3 is 12.2 Å². The summed E-state index contributed by atoms with van der Waals surface area (Å²) in [5.74, 6) is -2.35. The van der Waals surface area contributed by atoms with Crippen LogP contribution in [0.2, 0.25) is 5.02 Å². The van der Waals surface area contributed by atoms with Gasteiger partial charge in [0.25, 0.3) is 5.69 Å². The van der Waals surface area contributed by atoms with Crippen LogP contribution < -0.4 is 0 Å². The molecular weight excluding hydrogens is 225 g/mol. The Morgan fingerprint density at radius 1 is 1.57 bits per heavy atom. The molecule has 0 amide bonds. The molecule has 0 aromatic carbocycles.